The fraction of sp³-hybridized carbons (Fsp3) is 0.167. The Labute approximate surface area is 145 Å². The third kappa shape index (κ3) is 3.83. The molecule has 0 aliphatic carbocycles. The van der Waals surface area contributed by atoms with Gasteiger partial charge in [-0.25, -0.2) is 9.67 Å². The number of amides is 1. The van der Waals surface area contributed by atoms with Crippen molar-refractivity contribution in [1.82, 2.24) is 14.8 Å². The number of carbonyl (C=O) groups is 1. The van der Waals surface area contributed by atoms with Crippen LogP contribution in [0.1, 0.15) is 6.92 Å². The summed E-state index contributed by atoms with van der Waals surface area (Å²) in [7, 11) is 0. The lowest BCUT2D eigenvalue weighted by molar-refractivity contribution is -0.116. The molecule has 24 heavy (non-hydrogen) atoms. The summed E-state index contributed by atoms with van der Waals surface area (Å²) in [5.74, 6) is 0.353. The number of hydrogen-bond donors (Lipinski definition) is 0. The van der Waals surface area contributed by atoms with Gasteiger partial charge in [0.05, 0.1) is 11.4 Å². The number of aromatic nitrogens is 3. The molecule has 0 aliphatic rings. The van der Waals surface area contributed by atoms with Crippen molar-refractivity contribution < 1.29 is 4.79 Å². The average Bonchev–Trinajstić information content (AvgIpc) is 3.11. The van der Waals surface area contributed by atoms with E-state index in [0.29, 0.717) is 17.5 Å². The first-order valence-electron chi connectivity index (χ1n) is 7.73. The number of thioether (sulfide) groups is 1. The van der Waals surface area contributed by atoms with Crippen molar-refractivity contribution in [2.45, 2.75) is 12.1 Å². The number of rotatable bonds is 6. The van der Waals surface area contributed by atoms with Gasteiger partial charge in [-0.05, 0) is 31.2 Å². The Balaban J connectivity index is 1.63. The van der Waals surface area contributed by atoms with Crippen molar-refractivity contribution in [2.24, 2.45) is 0 Å². The maximum atomic E-state index is 12.5. The molecule has 5 nitrogen and oxygen atoms in total. The highest BCUT2D eigenvalue weighted by Gasteiger charge is 2.15. The Kier molecular flexibility index (Phi) is 5.28. The van der Waals surface area contributed by atoms with E-state index in [1.54, 1.807) is 15.9 Å². The molecule has 3 rings (SSSR count). The fourth-order valence-electron chi connectivity index (χ4n) is 2.33. The zero-order valence-electron chi connectivity index (χ0n) is 13.4. The molecule has 0 saturated heterocycles. The van der Waals surface area contributed by atoms with Crippen LogP contribution in [0.3, 0.4) is 0 Å². The van der Waals surface area contributed by atoms with Crippen LogP contribution in [0.15, 0.2) is 72.1 Å². The molecule has 0 unspecified atom stereocenters. The molecule has 3 aromatic rings. The van der Waals surface area contributed by atoms with E-state index >= 15 is 0 Å². The highest BCUT2D eigenvalue weighted by atomic mass is 32.2. The first-order chi connectivity index (χ1) is 11.8. The van der Waals surface area contributed by atoms with Gasteiger partial charge in [0.1, 0.15) is 6.33 Å². The van der Waals surface area contributed by atoms with Gasteiger partial charge in [-0.3, -0.25) is 4.79 Å². The first-order valence-corrected chi connectivity index (χ1v) is 8.72. The Morgan fingerprint density at radius 3 is 2.42 bits per heavy atom. The lowest BCUT2D eigenvalue weighted by Gasteiger charge is -2.20. The topological polar surface area (TPSA) is 51.0 Å². The molecule has 2 aromatic carbocycles. The van der Waals surface area contributed by atoms with E-state index in [4.69, 9.17) is 0 Å². The smallest absolute Gasteiger partial charge is 0.237 e. The second-order valence-corrected chi connectivity index (χ2v) is 6.01. The molecule has 1 amide bonds. The van der Waals surface area contributed by atoms with Crippen molar-refractivity contribution in [3.8, 4) is 5.69 Å². The third-order valence-electron chi connectivity index (χ3n) is 3.50. The van der Waals surface area contributed by atoms with Crippen molar-refractivity contribution in [2.75, 3.05) is 17.2 Å². The zero-order valence-corrected chi connectivity index (χ0v) is 14.2. The molecule has 1 heterocycles. The maximum absolute atomic E-state index is 12.5. The van der Waals surface area contributed by atoms with E-state index in [0.717, 1.165) is 11.4 Å². The molecule has 122 valence electrons. The number of hydrogen-bond acceptors (Lipinski definition) is 4. The molecule has 1 aromatic heterocycles. The molecule has 0 radical (unpaired) electrons. The monoisotopic (exact) mass is 338 g/mol. The van der Waals surface area contributed by atoms with E-state index in [1.807, 2.05) is 67.6 Å². The lowest BCUT2D eigenvalue weighted by Crippen LogP contribution is -2.32. The molecule has 0 N–H and O–H groups in total. The minimum absolute atomic E-state index is 0.0461. The average molecular weight is 338 g/mol. The molecule has 0 bridgehead atoms. The van der Waals surface area contributed by atoms with Crippen molar-refractivity contribution in [3.05, 3.63) is 67.0 Å². The Morgan fingerprint density at radius 2 is 1.75 bits per heavy atom. The van der Waals surface area contributed by atoms with Crippen LogP contribution in [0.5, 0.6) is 0 Å². The van der Waals surface area contributed by atoms with E-state index in [2.05, 4.69) is 10.1 Å². The van der Waals surface area contributed by atoms with Gasteiger partial charge in [0.2, 0.25) is 11.1 Å². The van der Waals surface area contributed by atoms with Gasteiger partial charge in [0, 0.05) is 12.2 Å². The predicted octanol–water partition coefficient (Wildman–Crippen LogP) is 3.41. The van der Waals surface area contributed by atoms with Gasteiger partial charge in [0.15, 0.2) is 0 Å². The summed E-state index contributed by atoms with van der Waals surface area (Å²) < 4.78 is 1.71. The van der Waals surface area contributed by atoms with E-state index in [1.165, 1.54) is 11.8 Å². The summed E-state index contributed by atoms with van der Waals surface area (Å²) in [6.07, 6.45) is 1.66. The van der Waals surface area contributed by atoms with Crippen LogP contribution in [-0.4, -0.2) is 33.0 Å². The van der Waals surface area contributed by atoms with Crippen LogP contribution in [0.4, 0.5) is 5.69 Å². The predicted molar refractivity (Wildman–Crippen MR) is 96.6 cm³/mol. The lowest BCUT2D eigenvalue weighted by atomic mass is 10.3. The molecule has 0 aliphatic heterocycles. The third-order valence-corrected chi connectivity index (χ3v) is 4.34. The number of para-hydroxylation sites is 2. The standard InChI is InChI=1S/C18H18N4OS/c1-2-21(15-9-5-3-6-10-15)17(23)13-24-18-19-14-22(20-18)16-11-7-4-8-12-16/h3-12,14H,2,13H2,1H3. The Morgan fingerprint density at radius 1 is 1.08 bits per heavy atom. The molecule has 0 spiro atoms. The van der Waals surface area contributed by atoms with Gasteiger partial charge in [-0.1, -0.05) is 48.2 Å². The van der Waals surface area contributed by atoms with E-state index < -0.39 is 0 Å². The fourth-order valence-corrected chi connectivity index (χ4v) is 3.01. The molecule has 0 fully saturated rings. The van der Waals surface area contributed by atoms with Crippen molar-refractivity contribution in [1.29, 1.82) is 0 Å². The summed E-state index contributed by atoms with van der Waals surface area (Å²) in [4.78, 5) is 18.5. The van der Waals surface area contributed by atoms with Gasteiger partial charge < -0.3 is 4.90 Å². The zero-order chi connectivity index (χ0) is 16.8. The second-order valence-electron chi connectivity index (χ2n) is 5.07. The molecule has 6 heteroatoms. The van der Waals surface area contributed by atoms with Crippen LogP contribution in [0.2, 0.25) is 0 Å². The maximum Gasteiger partial charge on any atom is 0.237 e. The Bertz CT molecular complexity index is 789. The summed E-state index contributed by atoms with van der Waals surface area (Å²) >= 11 is 1.35. The largest absolute Gasteiger partial charge is 0.312 e. The van der Waals surface area contributed by atoms with Crippen LogP contribution >= 0.6 is 11.8 Å². The van der Waals surface area contributed by atoms with Gasteiger partial charge in [0.25, 0.3) is 0 Å². The quantitative estimate of drug-likeness (QED) is 0.646. The van der Waals surface area contributed by atoms with E-state index in [9.17, 15) is 4.79 Å². The second kappa shape index (κ2) is 7.79. The summed E-state index contributed by atoms with van der Waals surface area (Å²) in [5.41, 5.74) is 1.86. The van der Waals surface area contributed by atoms with Gasteiger partial charge in [-0.15, -0.1) is 5.10 Å². The summed E-state index contributed by atoms with van der Waals surface area (Å²) in [6.45, 7) is 2.60. The minimum Gasteiger partial charge on any atom is -0.312 e. The normalized spacial score (nSPS) is 10.5. The van der Waals surface area contributed by atoms with Crippen LogP contribution in [-0.2, 0) is 4.79 Å². The van der Waals surface area contributed by atoms with Gasteiger partial charge in [-0.2, -0.15) is 0 Å². The van der Waals surface area contributed by atoms with Crippen LogP contribution in [0, 0.1) is 0 Å². The molecule has 0 atom stereocenters. The summed E-state index contributed by atoms with van der Waals surface area (Å²) in [6, 6.07) is 19.5. The minimum atomic E-state index is 0.0461. The van der Waals surface area contributed by atoms with E-state index in [-0.39, 0.29) is 5.91 Å². The highest BCUT2D eigenvalue weighted by Crippen LogP contribution is 2.18. The summed E-state index contributed by atoms with van der Waals surface area (Å²) in [5, 5.41) is 5.00. The van der Waals surface area contributed by atoms with Crippen LogP contribution in [0.25, 0.3) is 5.69 Å². The molecular weight excluding hydrogens is 320 g/mol. The number of anilines is 1. The van der Waals surface area contributed by atoms with Crippen LogP contribution < -0.4 is 4.90 Å². The SMILES string of the molecule is CCN(C(=O)CSc1ncn(-c2ccccc2)n1)c1ccccc1. The number of benzene rings is 2. The molecular formula is C18H18N4OS. The van der Waals surface area contributed by atoms with Gasteiger partial charge >= 0.3 is 0 Å². The first kappa shape index (κ1) is 16.3. The highest BCUT2D eigenvalue weighted by molar-refractivity contribution is 7.99. The number of nitrogens with zero attached hydrogens (tertiary/aromatic N) is 4. The Hall–Kier alpha value is -2.60. The van der Waals surface area contributed by atoms with Crippen molar-refractivity contribution >= 4 is 23.4 Å². The molecule has 0 saturated carbocycles. The number of carbonyl (C=O) groups excluding carboxylic acids is 1. The van der Waals surface area contributed by atoms with Crippen molar-refractivity contribution in [3.63, 3.8) is 0 Å².